The first-order valence-electron chi connectivity index (χ1n) is 3.38. The fraction of sp³-hybridized carbons (Fsp3) is 0.286. The van der Waals surface area contributed by atoms with Gasteiger partial charge in [-0.25, -0.2) is 4.98 Å². The Morgan fingerprint density at radius 2 is 2.50 bits per heavy atom. The average Bonchev–Trinajstić information content (AvgIpc) is 2.04. The van der Waals surface area contributed by atoms with E-state index in [-0.39, 0.29) is 24.3 Å². The van der Waals surface area contributed by atoms with E-state index in [0.717, 1.165) is 6.33 Å². The summed E-state index contributed by atoms with van der Waals surface area (Å²) in [5.74, 6) is -0.297. The quantitative estimate of drug-likeness (QED) is 0.641. The maximum Gasteiger partial charge on any atom is 0.257 e. The van der Waals surface area contributed by atoms with Gasteiger partial charge in [0, 0.05) is 6.42 Å². The minimum Gasteiger partial charge on any atom is -0.493 e. The molecule has 0 spiro atoms. The SMILES string of the molecule is N#CCCc1c(O)nc[nH]c1=O. The summed E-state index contributed by atoms with van der Waals surface area (Å²) in [5.41, 5.74) is -0.225. The van der Waals surface area contributed by atoms with Gasteiger partial charge in [-0.3, -0.25) is 4.79 Å². The standard InChI is InChI=1S/C7H7N3O2/c8-3-1-2-5-6(11)9-4-10-7(5)12/h4H,1-2H2,(H2,9,10,11,12). The third-order valence-corrected chi connectivity index (χ3v) is 1.41. The molecule has 5 nitrogen and oxygen atoms in total. The van der Waals surface area contributed by atoms with Crippen LogP contribution in [0.5, 0.6) is 5.88 Å². The largest absolute Gasteiger partial charge is 0.493 e. The highest BCUT2D eigenvalue weighted by Crippen LogP contribution is 2.07. The summed E-state index contributed by atoms with van der Waals surface area (Å²) in [6.45, 7) is 0. The van der Waals surface area contributed by atoms with E-state index in [1.165, 1.54) is 0 Å². The Bertz CT molecular complexity index is 364. The molecule has 0 fully saturated rings. The van der Waals surface area contributed by atoms with Gasteiger partial charge in [0.25, 0.3) is 5.56 Å². The van der Waals surface area contributed by atoms with E-state index in [0.29, 0.717) is 0 Å². The molecule has 0 aliphatic heterocycles. The second-order valence-electron chi connectivity index (χ2n) is 2.19. The Morgan fingerprint density at radius 1 is 1.75 bits per heavy atom. The van der Waals surface area contributed by atoms with Crippen LogP contribution in [-0.4, -0.2) is 15.1 Å². The van der Waals surface area contributed by atoms with Gasteiger partial charge in [-0.2, -0.15) is 5.26 Å². The average molecular weight is 165 g/mol. The third kappa shape index (κ3) is 1.61. The number of aromatic hydroxyl groups is 1. The number of H-pyrrole nitrogens is 1. The van der Waals surface area contributed by atoms with E-state index in [1.807, 2.05) is 6.07 Å². The van der Waals surface area contributed by atoms with E-state index >= 15 is 0 Å². The summed E-state index contributed by atoms with van der Waals surface area (Å²) in [7, 11) is 0. The number of nitrogens with zero attached hydrogens (tertiary/aromatic N) is 2. The molecule has 0 saturated heterocycles. The maximum atomic E-state index is 11.0. The van der Waals surface area contributed by atoms with Crippen LogP contribution in [0.1, 0.15) is 12.0 Å². The minimum atomic E-state index is -0.391. The number of aromatic amines is 1. The number of nitrogens with one attached hydrogen (secondary N) is 1. The fourth-order valence-electron chi connectivity index (χ4n) is 0.825. The van der Waals surface area contributed by atoms with E-state index in [9.17, 15) is 4.79 Å². The van der Waals surface area contributed by atoms with E-state index < -0.39 is 5.56 Å². The molecule has 1 aromatic rings. The van der Waals surface area contributed by atoms with Gasteiger partial charge in [-0.05, 0) is 6.42 Å². The van der Waals surface area contributed by atoms with Crippen LogP contribution in [0, 0.1) is 11.3 Å². The zero-order valence-electron chi connectivity index (χ0n) is 6.24. The van der Waals surface area contributed by atoms with Crippen molar-refractivity contribution < 1.29 is 5.11 Å². The number of hydrogen-bond acceptors (Lipinski definition) is 4. The third-order valence-electron chi connectivity index (χ3n) is 1.41. The first-order valence-corrected chi connectivity index (χ1v) is 3.38. The molecular formula is C7H7N3O2. The molecule has 2 N–H and O–H groups in total. The van der Waals surface area contributed by atoms with Gasteiger partial charge in [-0.1, -0.05) is 0 Å². The zero-order chi connectivity index (χ0) is 8.97. The van der Waals surface area contributed by atoms with E-state index in [4.69, 9.17) is 10.4 Å². The van der Waals surface area contributed by atoms with Crippen molar-refractivity contribution in [1.82, 2.24) is 9.97 Å². The lowest BCUT2D eigenvalue weighted by Gasteiger charge is -1.96. The molecule has 0 aliphatic rings. The molecule has 0 saturated carbocycles. The molecule has 0 radical (unpaired) electrons. The summed E-state index contributed by atoms with van der Waals surface area (Å²) < 4.78 is 0. The van der Waals surface area contributed by atoms with Gasteiger partial charge < -0.3 is 10.1 Å². The van der Waals surface area contributed by atoms with Crippen molar-refractivity contribution in [2.75, 3.05) is 0 Å². The summed E-state index contributed by atoms with van der Waals surface area (Å²) in [5, 5.41) is 17.3. The van der Waals surface area contributed by atoms with Crippen LogP contribution < -0.4 is 5.56 Å². The Morgan fingerprint density at radius 3 is 3.08 bits per heavy atom. The van der Waals surface area contributed by atoms with Crippen LogP contribution in [0.2, 0.25) is 0 Å². The highest BCUT2D eigenvalue weighted by molar-refractivity contribution is 5.21. The molecule has 1 rings (SSSR count). The van der Waals surface area contributed by atoms with Crippen molar-refractivity contribution in [2.24, 2.45) is 0 Å². The molecule has 1 aromatic heterocycles. The Labute approximate surface area is 68.3 Å². The minimum absolute atomic E-state index is 0.166. The van der Waals surface area contributed by atoms with Crippen molar-refractivity contribution in [1.29, 1.82) is 5.26 Å². The van der Waals surface area contributed by atoms with E-state index in [1.54, 1.807) is 0 Å². The molecule has 0 aromatic carbocycles. The second kappa shape index (κ2) is 3.53. The Kier molecular flexibility index (Phi) is 2.43. The molecule has 0 atom stereocenters. The number of rotatable bonds is 2. The molecule has 0 unspecified atom stereocenters. The zero-order valence-corrected chi connectivity index (χ0v) is 6.24. The van der Waals surface area contributed by atoms with Crippen LogP contribution in [0.4, 0.5) is 0 Å². The van der Waals surface area contributed by atoms with Gasteiger partial charge >= 0.3 is 0 Å². The van der Waals surface area contributed by atoms with Crippen molar-refractivity contribution in [3.05, 3.63) is 22.2 Å². The number of nitriles is 1. The van der Waals surface area contributed by atoms with Gasteiger partial charge in [0.15, 0.2) is 0 Å². The highest BCUT2D eigenvalue weighted by atomic mass is 16.3. The van der Waals surface area contributed by atoms with Crippen molar-refractivity contribution in [3.8, 4) is 11.9 Å². The fourth-order valence-corrected chi connectivity index (χ4v) is 0.825. The van der Waals surface area contributed by atoms with Gasteiger partial charge in [-0.15, -0.1) is 0 Å². The normalized spacial score (nSPS) is 9.25. The van der Waals surface area contributed by atoms with Crippen molar-refractivity contribution in [2.45, 2.75) is 12.8 Å². The van der Waals surface area contributed by atoms with Gasteiger partial charge in [0.2, 0.25) is 5.88 Å². The first kappa shape index (κ1) is 8.27. The first-order chi connectivity index (χ1) is 5.75. The van der Waals surface area contributed by atoms with Crippen LogP contribution in [0.3, 0.4) is 0 Å². The Balaban J connectivity index is 2.98. The predicted molar refractivity (Wildman–Crippen MR) is 40.5 cm³/mol. The van der Waals surface area contributed by atoms with Gasteiger partial charge in [0.1, 0.15) is 0 Å². The summed E-state index contributed by atoms with van der Waals surface area (Å²) in [6, 6.07) is 1.88. The molecular weight excluding hydrogens is 158 g/mol. The summed E-state index contributed by atoms with van der Waals surface area (Å²) in [4.78, 5) is 16.8. The maximum absolute atomic E-state index is 11.0. The number of aromatic nitrogens is 2. The molecule has 12 heavy (non-hydrogen) atoms. The molecule has 5 heteroatoms. The van der Waals surface area contributed by atoms with Crippen LogP contribution >= 0.6 is 0 Å². The molecule has 62 valence electrons. The molecule has 1 heterocycles. The Hall–Kier alpha value is -1.83. The molecule has 0 aliphatic carbocycles. The monoisotopic (exact) mass is 165 g/mol. The topological polar surface area (TPSA) is 89.8 Å². The summed E-state index contributed by atoms with van der Waals surface area (Å²) in [6.07, 6.45) is 1.54. The lowest BCUT2D eigenvalue weighted by atomic mass is 10.2. The highest BCUT2D eigenvalue weighted by Gasteiger charge is 2.05. The lowest BCUT2D eigenvalue weighted by Crippen LogP contribution is -2.12. The van der Waals surface area contributed by atoms with Crippen LogP contribution in [0.25, 0.3) is 0 Å². The van der Waals surface area contributed by atoms with Crippen LogP contribution in [-0.2, 0) is 6.42 Å². The van der Waals surface area contributed by atoms with Crippen molar-refractivity contribution >= 4 is 0 Å². The number of hydrogen-bond donors (Lipinski definition) is 2. The predicted octanol–water partition coefficient (Wildman–Crippen LogP) is -0.0683. The van der Waals surface area contributed by atoms with Crippen molar-refractivity contribution in [3.63, 3.8) is 0 Å². The second-order valence-corrected chi connectivity index (χ2v) is 2.19. The lowest BCUT2D eigenvalue weighted by molar-refractivity contribution is 0.443. The smallest absolute Gasteiger partial charge is 0.257 e. The van der Waals surface area contributed by atoms with Crippen LogP contribution in [0.15, 0.2) is 11.1 Å². The molecule has 0 amide bonds. The summed E-state index contributed by atoms with van der Waals surface area (Å²) >= 11 is 0. The van der Waals surface area contributed by atoms with E-state index in [2.05, 4.69) is 9.97 Å². The van der Waals surface area contributed by atoms with Gasteiger partial charge in [0.05, 0.1) is 18.0 Å². The molecule has 0 bridgehead atoms.